The Kier molecular flexibility index (Phi) is 10.3. The summed E-state index contributed by atoms with van der Waals surface area (Å²) in [5.41, 5.74) is -2.14. The Labute approximate surface area is 152 Å². The van der Waals surface area contributed by atoms with Crippen LogP contribution in [0.5, 0.6) is 0 Å². The molecular formula is C20H26F6. The highest BCUT2D eigenvalue weighted by atomic mass is 19.4. The van der Waals surface area contributed by atoms with Crippen molar-refractivity contribution in [3.05, 3.63) is 72.4 Å². The largest absolute Gasteiger partial charge is 0.406 e. The van der Waals surface area contributed by atoms with E-state index in [1.165, 1.54) is 5.57 Å². The summed E-state index contributed by atoms with van der Waals surface area (Å²) in [6.07, 6.45) is -3.71. The van der Waals surface area contributed by atoms with Gasteiger partial charge in [0.05, 0.1) is 0 Å². The summed E-state index contributed by atoms with van der Waals surface area (Å²) in [4.78, 5) is 0. The second-order valence-electron chi connectivity index (χ2n) is 5.88. The molecule has 0 aromatic heterocycles. The molecule has 6 heteroatoms. The molecule has 0 aliphatic heterocycles. The molecule has 26 heavy (non-hydrogen) atoms. The number of allylic oxidation sites excluding steroid dienone is 9. The Morgan fingerprint density at radius 3 is 1.50 bits per heavy atom. The average Bonchev–Trinajstić information content (AvgIpc) is 2.49. The molecule has 0 aliphatic carbocycles. The Balaban J connectivity index is 0. The van der Waals surface area contributed by atoms with Gasteiger partial charge in [0.2, 0.25) is 0 Å². The maximum Gasteiger partial charge on any atom is 0.406 e. The molecule has 0 aliphatic rings. The van der Waals surface area contributed by atoms with Gasteiger partial charge in [-0.25, -0.2) is 0 Å². The maximum absolute atomic E-state index is 12.6. The van der Waals surface area contributed by atoms with Gasteiger partial charge < -0.3 is 0 Å². The van der Waals surface area contributed by atoms with Gasteiger partial charge in [0, 0.05) is 0 Å². The number of halogens is 6. The lowest BCUT2D eigenvalue weighted by atomic mass is 9.81. The zero-order valence-electron chi connectivity index (χ0n) is 15.8. The van der Waals surface area contributed by atoms with Crippen molar-refractivity contribution in [3.8, 4) is 0 Å². The highest BCUT2D eigenvalue weighted by Crippen LogP contribution is 2.54. The third-order valence-corrected chi connectivity index (χ3v) is 3.82. The van der Waals surface area contributed by atoms with Crippen LogP contribution in [0.25, 0.3) is 0 Å². The number of hydrogen-bond donors (Lipinski definition) is 0. The minimum Gasteiger partial charge on any atom is -0.170 e. The molecular weight excluding hydrogens is 354 g/mol. The van der Waals surface area contributed by atoms with Gasteiger partial charge in [-0.2, -0.15) is 26.3 Å². The molecule has 0 saturated carbocycles. The van der Waals surface area contributed by atoms with E-state index in [9.17, 15) is 26.3 Å². The zero-order valence-corrected chi connectivity index (χ0v) is 15.8. The third-order valence-electron chi connectivity index (χ3n) is 3.82. The molecule has 0 radical (unpaired) electrons. The first-order valence-electron chi connectivity index (χ1n) is 7.65. The van der Waals surface area contributed by atoms with Crippen LogP contribution in [0.3, 0.4) is 0 Å². The predicted octanol–water partition coefficient (Wildman–Crippen LogP) is 7.89. The topological polar surface area (TPSA) is 0 Å². The summed E-state index contributed by atoms with van der Waals surface area (Å²) in [5, 5.41) is 0. The first-order chi connectivity index (χ1) is 11.6. The summed E-state index contributed by atoms with van der Waals surface area (Å²) in [6.45, 7) is 17.5. The minimum absolute atomic E-state index is 0.0880. The fraction of sp³-hybridized carbons (Fsp3) is 0.400. The van der Waals surface area contributed by atoms with Crippen molar-refractivity contribution in [3.63, 3.8) is 0 Å². The molecule has 0 nitrogen and oxygen atoms in total. The van der Waals surface area contributed by atoms with Crippen molar-refractivity contribution in [2.75, 3.05) is 0 Å². The van der Waals surface area contributed by atoms with Gasteiger partial charge in [-0.05, 0) is 45.8 Å². The average molecular weight is 380 g/mol. The smallest absolute Gasteiger partial charge is 0.170 e. The van der Waals surface area contributed by atoms with Gasteiger partial charge in [-0.3, -0.25) is 0 Å². The van der Waals surface area contributed by atoms with Crippen molar-refractivity contribution in [2.24, 2.45) is 5.41 Å². The van der Waals surface area contributed by atoms with E-state index < -0.39 is 23.3 Å². The van der Waals surface area contributed by atoms with Gasteiger partial charge >= 0.3 is 12.4 Å². The van der Waals surface area contributed by atoms with E-state index in [1.807, 2.05) is 19.9 Å². The van der Waals surface area contributed by atoms with Crippen LogP contribution in [0.15, 0.2) is 72.4 Å². The van der Waals surface area contributed by atoms with Crippen LogP contribution >= 0.6 is 0 Å². The molecule has 0 spiro atoms. The minimum atomic E-state index is -5.45. The quantitative estimate of drug-likeness (QED) is 0.336. The van der Waals surface area contributed by atoms with E-state index in [4.69, 9.17) is 0 Å². The number of alkyl halides is 6. The zero-order chi connectivity index (χ0) is 21.3. The van der Waals surface area contributed by atoms with Crippen molar-refractivity contribution in [1.82, 2.24) is 0 Å². The van der Waals surface area contributed by atoms with Gasteiger partial charge in [0.15, 0.2) is 5.41 Å². The van der Waals surface area contributed by atoms with Crippen LogP contribution in [-0.4, -0.2) is 12.4 Å². The van der Waals surface area contributed by atoms with Crippen molar-refractivity contribution >= 4 is 0 Å². The maximum atomic E-state index is 12.6. The van der Waals surface area contributed by atoms with Gasteiger partial charge in [0.1, 0.15) is 0 Å². The summed E-state index contributed by atoms with van der Waals surface area (Å²) in [6, 6.07) is 0. The molecule has 0 unspecified atom stereocenters. The standard InChI is InChI=1S/C12H14F6.C8H12/c1-5-8(2)6-7-9(3)10(4,11(13,14)15)12(16,17)18;1-5-6-8(4)7(2)3/h5-7H,3H2,1-2,4H3;5-6H,1-2H2,3-4H3/b7-6-,8-5+;8-6-. The monoisotopic (exact) mass is 380 g/mol. The molecule has 0 aromatic carbocycles. The summed E-state index contributed by atoms with van der Waals surface area (Å²) < 4.78 is 75.8. The Morgan fingerprint density at radius 1 is 0.846 bits per heavy atom. The molecule has 0 atom stereocenters. The van der Waals surface area contributed by atoms with E-state index in [1.54, 1.807) is 26.0 Å². The highest BCUT2D eigenvalue weighted by Gasteiger charge is 2.68. The molecule has 148 valence electrons. The first-order valence-corrected chi connectivity index (χ1v) is 7.65. The lowest BCUT2D eigenvalue weighted by Crippen LogP contribution is -2.48. The van der Waals surface area contributed by atoms with Crippen LogP contribution in [0.4, 0.5) is 26.3 Å². The second kappa shape index (κ2) is 10.2. The molecule has 0 saturated heterocycles. The van der Waals surface area contributed by atoms with E-state index in [0.717, 1.165) is 17.7 Å². The fourth-order valence-electron chi connectivity index (χ4n) is 1.34. The lowest BCUT2D eigenvalue weighted by molar-refractivity contribution is -0.317. The molecule has 0 amide bonds. The number of hydrogen-bond acceptors (Lipinski definition) is 0. The Bertz CT molecular complexity index is 581. The van der Waals surface area contributed by atoms with Crippen LogP contribution < -0.4 is 0 Å². The van der Waals surface area contributed by atoms with Crippen LogP contribution in [0.2, 0.25) is 0 Å². The Hall–Kier alpha value is -1.98. The van der Waals surface area contributed by atoms with Crippen LogP contribution in [0.1, 0.15) is 34.6 Å². The van der Waals surface area contributed by atoms with Crippen LogP contribution in [-0.2, 0) is 0 Å². The molecule has 0 aromatic rings. The van der Waals surface area contributed by atoms with Gasteiger partial charge in [-0.15, -0.1) is 0 Å². The van der Waals surface area contributed by atoms with E-state index in [-0.39, 0.29) is 6.92 Å². The summed E-state index contributed by atoms with van der Waals surface area (Å²) >= 11 is 0. The van der Waals surface area contributed by atoms with Gasteiger partial charge in [-0.1, -0.05) is 61.3 Å². The Morgan fingerprint density at radius 2 is 1.27 bits per heavy atom. The molecule has 0 rings (SSSR count). The molecule has 0 heterocycles. The molecule has 0 N–H and O–H groups in total. The summed E-state index contributed by atoms with van der Waals surface area (Å²) in [5.74, 6) is 0. The van der Waals surface area contributed by atoms with Crippen LogP contribution in [0, 0.1) is 5.41 Å². The van der Waals surface area contributed by atoms with E-state index >= 15 is 0 Å². The van der Waals surface area contributed by atoms with Crippen molar-refractivity contribution in [1.29, 1.82) is 0 Å². The predicted molar refractivity (Wildman–Crippen MR) is 96.7 cm³/mol. The number of rotatable bonds is 5. The van der Waals surface area contributed by atoms with Gasteiger partial charge in [0.25, 0.3) is 0 Å². The first kappa shape index (κ1) is 26.3. The van der Waals surface area contributed by atoms with E-state index in [0.29, 0.717) is 5.57 Å². The fourth-order valence-corrected chi connectivity index (χ4v) is 1.34. The normalized spacial score (nSPS) is 14.0. The molecule has 0 bridgehead atoms. The summed E-state index contributed by atoms with van der Waals surface area (Å²) in [7, 11) is 0. The lowest BCUT2D eigenvalue weighted by Gasteiger charge is -2.34. The third kappa shape index (κ3) is 7.50. The highest BCUT2D eigenvalue weighted by molar-refractivity contribution is 5.31. The second-order valence-corrected chi connectivity index (χ2v) is 5.88. The van der Waals surface area contributed by atoms with E-state index in [2.05, 4.69) is 19.7 Å². The SMILES string of the molecule is C=C(/C=C\C(C)=C\C)C(C)(C(F)(F)F)C(F)(F)F.C=C/C=C(/C)C(=C)C. The van der Waals surface area contributed by atoms with Crippen molar-refractivity contribution < 1.29 is 26.3 Å². The van der Waals surface area contributed by atoms with Crippen molar-refractivity contribution in [2.45, 2.75) is 47.0 Å². The molecule has 0 fully saturated rings.